The number of ether oxygens (including phenoxy) is 1. The molecule has 1 aliphatic heterocycles. The van der Waals surface area contributed by atoms with Crippen molar-refractivity contribution in [1.29, 1.82) is 0 Å². The van der Waals surface area contributed by atoms with Crippen LogP contribution in [0.3, 0.4) is 0 Å². The largest absolute Gasteiger partial charge is 0.489 e. The first kappa shape index (κ1) is 18.8. The summed E-state index contributed by atoms with van der Waals surface area (Å²) in [4.78, 5) is 25.9. The monoisotopic (exact) mass is 404 g/mol. The molecule has 1 aliphatic rings. The molecule has 0 saturated carbocycles. The van der Waals surface area contributed by atoms with Gasteiger partial charge in [-0.3, -0.25) is 4.79 Å². The summed E-state index contributed by atoms with van der Waals surface area (Å²) in [6.45, 7) is 0.362. The molecule has 0 radical (unpaired) electrons. The van der Waals surface area contributed by atoms with Gasteiger partial charge in [-0.2, -0.15) is 0 Å². The molecule has 1 N–H and O–H groups in total. The van der Waals surface area contributed by atoms with Crippen molar-refractivity contribution < 1.29 is 14.3 Å². The first-order chi connectivity index (χ1) is 14.1. The van der Waals surface area contributed by atoms with Crippen LogP contribution in [0.1, 0.15) is 11.1 Å². The zero-order chi connectivity index (χ0) is 20.2. The van der Waals surface area contributed by atoms with E-state index in [9.17, 15) is 9.59 Å². The molecule has 6 heteroatoms. The number of hydrogen-bond donors (Lipinski definition) is 1. The number of imide groups is 1. The lowest BCUT2D eigenvalue weighted by atomic mass is 10.2. The second-order valence-electron chi connectivity index (χ2n) is 6.41. The van der Waals surface area contributed by atoms with E-state index < -0.39 is 6.03 Å². The maximum atomic E-state index is 12.6. The third-order valence-electron chi connectivity index (χ3n) is 4.44. The fraction of sp³-hybridized carbons (Fsp3) is 0.0435. The van der Waals surface area contributed by atoms with Gasteiger partial charge < -0.3 is 10.1 Å². The second kappa shape index (κ2) is 8.20. The van der Waals surface area contributed by atoms with Crippen molar-refractivity contribution in [1.82, 2.24) is 5.32 Å². The van der Waals surface area contributed by atoms with Gasteiger partial charge in [-0.15, -0.1) is 0 Å². The van der Waals surface area contributed by atoms with Crippen molar-refractivity contribution in [2.45, 2.75) is 6.61 Å². The topological polar surface area (TPSA) is 58.6 Å². The summed E-state index contributed by atoms with van der Waals surface area (Å²) in [7, 11) is 0. The standard InChI is InChI=1S/C23H17ClN2O3/c24-20-9-5-4-6-17(20)15-29-19-12-10-16(11-13-19)14-21-22(27)26(23(28)25-21)18-7-2-1-3-8-18/h1-14H,15H2,(H,25,28)/b21-14+. The van der Waals surface area contributed by atoms with E-state index in [1.807, 2.05) is 42.5 Å². The molecule has 0 atom stereocenters. The molecule has 1 saturated heterocycles. The molecule has 1 heterocycles. The van der Waals surface area contributed by atoms with E-state index in [4.69, 9.17) is 16.3 Å². The number of hydrogen-bond acceptors (Lipinski definition) is 3. The summed E-state index contributed by atoms with van der Waals surface area (Å²) < 4.78 is 5.76. The molecule has 0 aliphatic carbocycles. The summed E-state index contributed by atoms with van der Waals surface area (Å²) in [6.07, 6.45) is 1.64. The van der Waals surface area contributed by atoms with Crippen molar-refractivity contribution in [2.75, 3.05) is 4.90 Å². The van der Waals surface area contributed by atoms with Crippen LogP contribution in [-0.2, 0) is 11.4 Å². The van der Waals surface area contributed by atoms with Gasteiger partial charge in [0.25, 0.3) is 5.91 Å². The van der Waals surface area contributed by atoms with Gasteiger partial charge >= 0.3 is 6.03 Å². The van der Waals surface area contributed by atoms with Gasteiger partial charge in [0.05, 0.1) is 5.69 Å². The van der Waals surface area contributed by atoms with Crippen LogP contribution in [0.25, 0.3) is 6.08 Å². The fourth-order valence-corrected chi connectivity index (χ4v) is 3.14. The number of halogens is 1. The number of urea groups is 1. The number of carbonyl (C=O) groups excluding carboxylic acids is 2. The number of para-hydroxylation sites is 1. The van der Waals surface area contributed by atoms with Gasteiger partial charge in [0.2, 0.25) is 0 Å². The van der Waals surface area contributed by atoms with Crippen molar-refractivity contribution in [3.8, 4) is 5.75 Å². The van der Waals surface area contributed by atoms with Crippen LogP contribution in [0.4, 0.5) is 10.5 Å². The highest BCUT2D eigenvalue weighted by Crippen LogP contribution is 2.23. The Hall–Kier alpha value is -3.57. The van der Waals surface area contributed by atoms with Gasteiger partial charge in [0, 0.05) is 10.6 Å². The molecule has 0 bridgehead atoms. The molecular weight excluding hydrogens is 388 g/mol. The zero-order valence-corrected chi connectivity index (χ0v) is 16.1. The normalized spacial score (nSPS) is 14.9. The zero-order valence-electron chi connectivity index (χ0n) is 15.3. The predicted octanol–water partition coefficient (Wildman–Crippen LogP) is 5.02. The van der Waals surface area contributed by atoms with Gasteiger partial charge in [-0.05, 0) is 42.0 Å². The Morgan fingerprint density at radius 1 is 0.897 bits per heavy atom. The minimum absolute atomic E-state index is 0.226. The van der Waals surface area contributed by atoms with Gasteiger partial charge in [-0.1, -0.05) is 60.1 Å². The average Bonchev–Trinajstić information content (AvgIpc) is 3.02. The molecule has 5 nitrogen and oxygen atoms in total. The SMILES string of the molecule is O=C1N/C(=C/c2ccc(OCc3ccccc3Cl)cc2)C(=O)N1c1ccccc1. The molecule has 0 spiro atoms. The molecule has 1 fully saturated rings. The Kier molecular flexibility index (Phi) is 5.31. The van der Waals surface area contributed by atoms with E-state index in [1.54, 1.807) is 42.5 Å². The van der Waals surface area contributed by atoms with Crippen LogP contribution in [-0.4, -0.2) is 11.9 Å². The molecule has 3 aromatic rings. The minimum Gasteiger partial charge on any atom is -0.489 e. The number of nitrogens with one attached hydrogen (secondary N) is 1. The molecule has 29 heavy (non-hydrogen) atoms. The summed E-state index contributed by atoms with van der Waals surface area (Å²) >= 11 is 6.13. The van der Waals surface area contributed by atoms with Gasteiger partial charge in [0.15, 0.2) is 0 Å². The van der Waals surface area contributed by atoms with Crippen molar-refractivity contribution in [2.24, 2.45) is 0 Å². The van der Waals surface area contributed by atoms with Crippen LogP contribution in [0.2, 0.25) is 5.02 Å². The molecule has 0 aromatic heterocycles. The van der Waals surface area contributed by atoms with Crippen LogP contribution in [0.15, 0.2) is 84.6 Å². The van der Waals surface area contributed by atoms with E-state index in [1.165, 1.54) is 0 Å². The fourth-order valence-electron chi connectivity index (χ4n) is 2.95. The number of nitrogens with zero attached hydrogens (tertiary/aromatic N) is 1. The highest BCUT2D eigenvalue weighted by atomic mass is 35.5. The third kappa shape index (κ3) is 4.15. The van der Waals surface area contributed by atoms with E-state index >= 15 is 0 Å². The Morgan fingerprint density at radius 2 is 1.59 bits per heavy atom. The summed E-state index contributed by atoms with van der Waals surface area (Å²) in [5.74, 6) is 0.292. The second-order valence-corrected chi connectivity index (χ2v) is 6.82. The number of anilines is 1. The maximum absolute atomic E-state index is 12.6. The van der Waals surface area contributed by atoms with E-state index in [2.05, 4.69) is 5.32 Å². The summed E-state index contributed by atoms with van der Waals surface area (Å²) in [5, 5.41) is 3.28. The van der Waals surface area contributed by atoms with Crippen molar-refractivity contribution in [3.05, 3.63) is 101 Å². The van der Waals surface area contributed by atoms with Gasteiger partial charge in [-0.25, -0.2) is 9.69 Å². The Bertz CT molecular complexity index is 1080. The van der Waals surface area contributed by atoms with Crippen LogP contribution >= 0.6 is 11.6 Å². The smallest absolute Gasteiger partial charge is 0.333 e. The lowest BCUT2D eigenvalue weighted by Crippen LogP contribution is -2.30. The Morgan fingerprint density at radius 3 is 2.31 bits per heavy atom. The number of benzene rings is 3. The lowest BCUT2D eigenvalue weighted by Gasteiger charge is -2.10. The lowest BCUT2D eigenvalue weighted by molar-refractivity contribution is -0.113. The molecule has 4 rings (SSSR count). The first-order valence-electron chi connectivity index (χ1n) is 9.00. The highest BCUT2D eigenvalue weighted by Gasteiger charge is 2.34. The molecular formula is C23H17ClN2O3. The van der Waals surface area contributed by atoms with Crippen LogP contribution in [0.5, 0.6) is 5.75 Å². The molecule has 0 unspecified atom stereocenters. The van der Waals surface area contributed by atoms with E-state index in [0.717, 1.165) is 16.0 Å². The van der Waals surface area contributed by atoms with E-state index in [-0.39, 0.29) is 11.6 Å². The van der Waals surface area contributed by atoms with Crippen molar-refractivity contribution in [3.63, 3.8) is 0 Å². The molecule has 3 amide bonds. The minimum atomic E-state index is -0.466. The molecule has 3 aromatic carbocycles. The number of carbonyl (C=O) groups is 2. The van der Waals surface area contributed by atoms with Crippen LogP contribution < -0.4 is 15.0 Å². The maximum Gasteiger partial charge on any atom is 0.333 e. The van der Waals surface area contributed by atoms with Crippen molar-refractivity contribution >= 4 is 35.3 Å². The number of rotatable bonds is 5. The molecule has 144 valence electrons. The van der Waals surface area contributed by atoms with E-state index in [0.29, 0.717) is 23.1 Å². The van der Waals surface area contributed by atoms with Gasteiger partial charge in [0.1, 0.15) is 18.1 Å². The first-order valence-corrected chi connectivity index (χ1v) is 9.38. The Labute approximate surface area is 173 Å². The highest BCUT2D eigenvalue weighted by molar-refractivity contribution is 6.31. The van der Waals surface area contributed by atoms with Crippen LogP contribution in [0, 0.1) is 0 Å². The Balaban J connectivity index is 1.45. The quantitative estimate of drug-likeness (QED) is 0.480. The predicted molar refractivity (Wildman–Crippen MR) is 113 cm³/mol. The summed E-state index contributed by atoms with van der Waals surface area (Å²) in [5.41, 5.74) is 2.43. The number of amides is 3. The third-order valence-corrected chi connectivity index (χ3v) is 4.80. The summed E-state index contributed by atoms with van der Waals surface area (Å²) in [6, 6.07) is 23.1. The average molecular weight is 405 g/mol.